The fraction of sp³-hybridized carbons (Fsp3) is 0.125. The summed E-state index contributed by atoms with van der Waals surface area (Å²) in [5.74, 6) is -0.261. The monoisotopic (exact) mass is 300 g/mol. The highest BCUT2D eigenvalue weighted by Gasteiger charge is 2.11. The lowest BCUT2D eigenvalue weighted by Gasteiger charge is -2.03. The molecular formula is C8H4BrCl3O. The van der Waals surface area contributed by atoms with E-state index in [1.54, 1.807) is 6.07 Å². The zero-order valence-corrected chi connectivity index (χ0v) is 10.1. The summed E-state index contributed by atoms with van der Waals surface area (Å²) in [6.45, 7) is 0. The zero-order valence-electron chi connectivity index (χ0n) is 6.28. The maximum Gasteiger partial charge on any atom is 0.178 e. The Balaban J connectivity index is 3.23. The van der Waals surface area contributed by atoms with Crippen molar-refractivity contribution in [3.8, 4) is 0 Å². The summed E-state index contributed by atoms with van der Waals surface area (Å²) in [6, 6.07) is 3.07. The van der Waals surface area contributed by atoms with Crippen molar-refractivity contribution >= 4 is 56.5 Å². The standard InChI is InChI=1S/C8H4BrCl3O/c9-5-2-7(12)6(11)1-4(5)8(13)3-10/h1-2H,3H2. The van der Waals surface area contributed by atoms with E-state index in [0.29, 0.717) is 20.1 Å². The van der Waals surface area contributed by atoms with Crippen LogP contribution in [0.15, 0.2) is 16.6 Å². The van der Waals surface area contributed by atoms with Gasteiger partial charge < -0.3 is 0 Å². The molecule has 0 aliphatic heterocycles. The minimum absolute atomic E-state index is 0.0729. The van der Waals surface area contributed by atoms with E-state index >= 15 is 0 Å². The first-order chi connectivity index (χ1) is 6.06. The maximum atomic E-state index is 11.2. The molecular weight excluding hydrogens is 298 g/mol. The summed E-state index contributed by atoms with van der Waals surface area (Å²) < 4.78 is 0.604. The fourth-order valence-corrected chi connectivity index (χ4v) is 1.98. The highest BCUT2D eigenvalue weighted by atomic mass is 79.9. The number of hydrogen-bond donors (Lipinski definition) is 0. The molecule has 0 atom stereocenters. The second-order valence-corrected chi connectivity index (χ2v) is 4.24. The largest absolute Gasteiger partial charge is 0.293 e. The van der Waals surface area contributed by atoms with E-state index in [1.165, 1.54) is 6.07 Å². The molecule has 0 saturated carbocycles. The van der Waals surface area contributed by atoms with E-state index in [2.05, 4.69) is 15.9 Å². The SMILES string of the molecule is O=C(CCl)c1cc(Cl)c(Cl)cc1Br. The number of carbonyl (C=O) groups excluding carboxylic acids is 1. The van der Waals surface area contributed by atoms with Gasteiger partial charge in [-0.25, -0.2) is 0 Å². The average molecular weight is 302 g/mol. The lowest BCUT2D eigenvalue weighted by molar-refractivity contribution is 0.102. The molecule has 0 saturated heterocycles. The molecule has 1 aromatic rings. The summed E-state index contributed by atoms with van der Waals surface area (Å²) in [4.78, 5) is 11.2. The minimum Gasteiger partial charge on any atom is -0.293 e. The van der Waals surface area contributed by atoms with Crippen molar-refractivity contribution in [3.05, 3.63) is 32.2 Å². The summed E-state index contributed by atoms with van der Waals surface area (Å²) in [5.41, 5.74) is 0.449. The number of rotatable bonds is 2. The van der Waals surface area contributed by atoms with Gasteiger partial charge in [-0.3, -0.25) is 4.79 Å². The molecule has 0 aliphatic carbocycles. The third-order valence-corrected chi connectivity index (χ3v) is 3.05. The lowest BCUT2D eigenvalue weighted by atomic mass is 10.1. The van der Waals surface area contributed by atoms with Gasteiger partial charge in [0, 0.05) is 10.0 Å². The van der Waals surface area contributed by atoms with Crippen molar-refractivity contribution in [1.82, 2.24) is 0 Å². The normalized spacial score (nSPS) is 10.2. The number of Topliss-reactive ketones (excluding diaryl/α,β-unsaturated/α-hetero) is 1. The Morgan fingerprint density at radius 3 is 2.38 bits per heavy atom. The topological polar surface area (TPSA) is 17.1 Å². The van der Waals surface area contributed by atoms with Gasteiger partial charge in [0.05, 0.1) is 15.9 Å². The van der Waals surface area contributed by atoms with Gasteiger partial charge in [0.25, 0.3) is 0 Å². The van der Waals surface area contributed by atoms with E-state index in [-0.39, 0.29) is 11.7 Å². The molecule has 0 fully saturated rings. The molecule has 0 unspecified atom stereocenters. The molecule has 0 aliphatic rings. The van der Waals surface area contributed by atoms with Crippen LogP contribution < -0.4 is 0 Å². The van der Waals surface area contributed by atoms with Crippen LogP contribution >= 0.6 is 50.7 Å². The van der Waals surface area contributed by atoms with Crippen molar-refractivity contribution < 1.29 is 4.79 Å². The Kier molecular flexibility index (Phi) is 4.05. The molecule has 70 valence electrons. The van der Waals surface area contributed by atoms with Crippen LogP contribution in [0.3, 0.4) is 0 Å². The van der Waals surface area contributed by atoms with Crippen LogP contribution in [0.1, 0.15) is 10.4 Å². The quantitative estimate of drug-likeness (QED) is 0.455. The molecule has 1 aromatic carbocycles. The molecule has 0 radical (unpaired) electrons. The smallest absolute Gasteiger partial charge is 0.178 e. The Hall–Kier alpha value is 0.240. The van der Waals surface area contributed by atoms with Crippen LogP contribution in [0.4, 0.5) is 0 Å². The first kappa shape index (κ1) is 11.3. The van der Waals surface area contributed by atoms with Gasteiger partial charge in [0.15, 0.2) is 5.78 Å². The van der Waals surface area contributed by atoms with Gasteiger partial charge in [-0.2, -0.15) is 0 Å². The lowest BCUT2D eigenvalue weighted by Crippen LogP contribution is -2.01. The van der Waals surface area contributed by atoms with E-state index in [4.69, 9.17) is 34.8 Å². The van der Waals surface area contributed by atoms with Crippen LogP contribution in [0.5, 0.6) is 0 Å². The predicted molar refractivity (Wildman–Crippen MR) is 59.2 cm³/mol. The van der Waals surface area contributed by atoms with Crippen LogP contribution in [0, 0.1) is 0 Å². The van der Waals surface area contributed by atoms with E-state index < -0.39 is 0 Å². The van der Waals surface area contributed by atoms with Crippen molar-refractivity contribution in [1.29, 1.82) is 0 Å². The molecule has 0 amide bonds. The van der Waals surface area contributed by atoms with Crippen LogP contribution in [0.25, 0.3) is 0 Å². The Bertz CT molecular complexity index is 351. The van der Waals surface area contributed by atoms with Crippen LogP contribution in [0.2, 0.25) is 10.0 Å². The molecule has 0 N–H and O–H groups in total. The summed E-state index contributed by atoms with van der Waals surface area (Å²) in [7, 11) is 0. The first-order valence-electron chi connectivity index (χ1n) is 3.30. The average Bonchev–Trinajstić information content (AvgIpc) is 2.10. The van der Waals surface area contributed by atoms with Crippen molar-refractivity contribution in [3.63, 3.8) is 0 Å². The second kappa shape index (κ2) is 4.65. The third kappa shape index (κ3) is 2.59. The number of carbonyl (C=O) groups is 1. The molecule has 13 heavy (non-hydrogen) atoms. The predicted octanol–water partition coefficient (Wildman–Crippen LogP) is 4.18. The van der Waals surface area contributed by atoms with Gasteiger partial charge in [-0.05, 0) is 28.1 Å². The van der Waals surface area contributed by atoms with Crippen molar-refractivity contribution in [2.75, 3.05) is 5.88 Å². The molecule has 1 nitrogen and oxygen atoms in total. The third-order valence-electron chi connectivity index (χ3n) is 1.43. The van der Waals surface area contributed by atoms with Crippen molar-refractivity contribution in [2.24, 2.45) is 0 Å². The van der Waals surface area contributed by atoms with E-state index in [1.807, 2.05) is 0 Å². The highest BCUT2D eigenvalue weighted by Crippen LogP contribution is 2.29. The Morgan fingerprint density at radius 1 is 1.31 bits per heavy atom. The second-order valence-electron chi connectivity index (χ2n) is 2.30. The molecule has 0 aromatic heterocycles. The minimum atomic E-state index is -0.188. The van der Waals surface area contributed by atoms with Gasteiger partial charge in [-0.1, -0.05) is 23.2 Å². The number of halogens is 4. The van der Waals surface area contributed by atoms with Crippen LogP contribution in [-0.4, -0.2) is 11.7 Å². The molecule has 0 spiro atoms. The zero-order chi connectivity index (χ0) is 10.0. The van der Waals surface area contributed by atoms with Gasteiger partial charge in [0.2, 0.25) is 0 Å². The number of ketones is 1. The van der Waals surface area contributed by atoms with Gasteiger partial charge in [-0.15, -0.1) is 11.6 Å². The molecule has 0 heterocycles. The van der Waals surface area contributed by atoms with Gasteiger partial charge >= 0.3 is 0 Å². The highest BCUT2D eigenvalue weighted by molar-refractivity contribution is 9.10. The van der Waals surface area contributed by atoms with Crippen LogP contribution in [-0.2, 0) is 0 Å². The Morgan fingerprint density at radius 2 is 1.85 bits per heavy atom. The molecule has 0 bridgehead atoms. The number of hydrogen-bond acceptors (Lipinski definition) is 1. The molecule has 1 rings (SSSR count). The summed E-state index contributed by atoms with van der Waals surface area (Å²) in [6.07, 6.45) is 0. The number of alkyl halides is 1. The maximum absolute atomic E-state index is 11.2. The summed E-state index contributed by atoms with van der Waals surface area (Å²) in [5, 5.41) is 0.748. The van der Waals surface area contributed by atoms with Crippen molar-refractivity contribution in [2.45, 2.75) is 0 Å². The molecule has 5 heteroatoms. The van der Waals surface area contributed by atoms with Gasteiger partial charge in [0.1, 0.15) is 0 Å². The van der Waals surface area contributed by atoms with E-state index in [9.17, 15) is 4.79 Å². The summed E-state index contributed by atoms with van der Waals surface area (Å²) >= 11 is 20.1. The van der Waals surface area contributed by atoms with E-state index in [0.717, 1.165) is 0 Å². The first-order valence-corrected chi connectivity index (χ1v) is 5.38. The number of benzene rings is 1. The fourth-order valence-electron chi connectivity index (χ4n) is 0.808. The Labute approximate surface area is 99.1 Å².